The van der Waals surface area contributed by atoms with Crippen LogP contribution in [0.15, 0.2) is 30.3 Å². The second kappa shape index (κ2) is 12.6. The van der Waals surface area contributed by atoms with Crippen molar-refractivity contribution in [2.24, 2.45) is 5.41 Å². The predicted octanol–water partition coefficient (Wildman–Crippen LogP) is 0.928. The molecule has 1 aromatic carbocycles. The summed E-state index contributed by atoms with van der Waals surface area (Å²) in [6.07, 6.45) is 0.680. The van der Waals surface area contributed by atoms with Crippen molar-refractivity contribution in [2.45, 2.75) is 88.7 Å². The normalized spacial score (nSPS) is 30.0. The van der Waals surface area contributed by atoms with E-state index in [1.165, 1.54) is 16.0 Å². The molecule has 0 unspecified atom stereocenters. The van der Waals surface area contributed by atoms with Crippen molar-refractivity contribution in [1.82, 2.24) is 15.3 Å². The number of carbonyl (C=O) groups excluding carboxylic acids is 4. The van der Waals surface area contributed by atoms with Crippen LogP contribution in [0.1, 0.15) is 51.2 Å². The number of carbonyl (C=O) groups is 4. The van der Waals surface area contributed by atoms with Crippen LogP contribution in [0, 0.1) is 5.41 Å². The Morgan fingerprint density at radius 1 is 1.18 bits per heavy atom. The van der Waals surface area contributed by atoms with Gasteiger partial charge in [-0.2, -0.15) is 5.06 Å². The van der Waals surface area contributed by atoms with Crippen molar-refractivity contribution in [1.29, 1.82) is 0 Å². The van der Waals surface area contributed by atoms with Crippen molar-refractivity contribution in [2.75, 3.05) is 27.5 Å². The number of rotatable bonds is 10. The van der Waals surface area contributed by atoms with Gasteiger partial charge in [0, 0.05) is 33.0 Å². The minimum Gasteiger partial charge on any atom is -0.460 e. The van der Waals surface area contributed by atoms with Crippen LogP contribution in [0.4, 0.5) is 0 Å². The van der Waals surface area contributed by atoms with Gasteiger partial charge in [0.05, 0.1) is 19.2 Å². The minimum absolute atomic E-state index is 0.00787. The summed E-state index contributed by atoms with van der Waals surface area (Å²) in [7, 11) is 3.35. The summed E-state index contributed by atoms with van der Waals surface area (Å²) in [5, 5.41) is 14.4. The number of nitrogens with one attached hydrogen (secondary N) is 1. The monoisotopic (exact) mass is 615 g/mol. The minimum atomic E-state index is -1.39. The Hall–Kier alpha value is -3.36. The van der Waals surface area contributed by atoms with Gasteiger partial charge < -0.3 is 34.3 Å². The Morgan fingerprint density at radius 3 is 2.55 bits per heavy atom. The molecule has 1 saturated carbocycles. The van der Waals surface area contributed by atoms with Crippen molar-refractivity contribution in [3.63, 3.8) is 0 Å². The molecule has 44 heavy (non-hydrogen) atoms. The van der Waals surface area contributed by atoms with E-state index in [4.69, 9.17) is 23.8 Å². The number of hydrogen-bond acceptors (Lipinski definition) is 11. The fourth-order valence-electron chi connectivity index (χ4n) is 6.28. The van der Waals surface area contributed by atoms with Crippen LogP contribution in [0.25, 0.3) is 6.08 Å². The maximum absolute atomic E-state index is 14.2. The fraction of sp³-hybridized carbons (Fsp3) is 0.613. The Morgan fingerprint density at radius 2 is 1.89 bits per heavy atom. The second-order valence-corrected chi connectivity index (χ2v) is 12.9. The lowest BCUT2D eigenvalue weighted by Gasteiger charge is -2.49. The lowest BCUT2D eigenvalue weighted by atomic mass is 9.62. The van der Waals surface area contributed by atoms with Gasteiger partial charge in [0.25, 0.3) is 0 Å². The number of hydroxylamine groups is 2. The highest BCUT2D eigenvalue weighted by Crippen LogP contribution is 2.55. The van der Waals surface area contributed by atoms with Gasteiger partial charge in [-0.1, -0.05) is 24.3 Å². The zero-order valence-corrected chi connectivity index (χ0v) is 25.7. The number of aliphatic hydroxyl groups excluding tert-OH is 1. The molecule has 7 atom stereocenters. The van der Waals surface area contributed by atoms with E-state index in [-0.39, 0.29) is 38.5 Å². The van der Waals surface area contributed by atoms with Crippen LogP contribution in [0.2, 0.25) is 0 Å². The number of esters is 2. The molecule has 1 aliphatic carbocycles. The van der Waals surface area contributed by atoms with Crippen LogP contribution in [0.3, 0.4) is 0 Å². The molecule has 13 nitrogen and oxygen atoms in total. The topological polar surface area (TPSA) is 153 Å². The Labute approximate surface area is 256 Å². The summed E-state index contributed by atoms with van der Waals surface area (Å²) in [5.41, 5.74) is -0.425. The molecule has 2 N–H and O–H groups in total. The maximum atomic E-state index is 14.2. The van der Waals surface area contributed by atoms with Crippen LogP contribution >= 0.6 is 0 Å². The second-order valence-electron chi connectivity index (χ2n) is 12.9. The molecule has 3 aliphatic heterocycles. The van der Waals surface area contributed by atoms with Crippen LogP contribution in [-0.2, 0) is 49.5 Å². The third-order valence-electron chi connectivity index (χ3n) is 8.34. The third-order valence-corrected chi connectivity index (χ3v) is 8.34. The van der Waals surface area contributed by atoms with Crippen molar-refractivity contribution in [3.05, 3.63) is 41.5 Å². The zero-order valence-electron chi connectivity index (χ0n) is 25.7. The Kier molecular flexibility index (Phi) is 9.15. The third kappa shape index (κ3) is 6.38. The summed E-state index contributed by atoms with van der Waals surface area (Å²) < 4.78 is 22.8. The molecular formula is C31H41N3O10. The van der Waals surface area contributed by atoms with E-state index in [0.29, 0.717) is 0 Å². The summed E-state index contributed by atoms with van der Waals surface area (Å²) in [6, 6.07) is 5.55. The highest BCUT2D eigenvalue weighted by molar-refractivity contribution is 5.94. The molecular weight excluding hydrogens is 574 g/mol. The van der Waals surface area contributed by atoms with E-state index >= 15 is 0 Å². The van der Waals surface area contributed by atoms with Gasteiger partial charge in [-0.15, -0.1) is 0 Å². The van der Waals surface area contributed by atoms with E-state index in [1.54, 1.807) is 40.9 Å². The number of fused-ring (bicyclic) bond motifs is 4. The number of ether oxygens (including phenoxy) is 4. The molecule has 240 valence electrons. The van der Waals surface area contributed by atoms with E-state index < -0.39 is 72.0 Å². The van der Waals surface area contributed by atoms with Crippen molar-refractivity contribution in [3.8, 4) is 0 Å². The van der Waals surface area contributed by atoms with Gasteiger partial charge in [-0.25, -0.2) is 0 Å². The van der Waals surface area contributed by atoms with Crippen LogP contribution in [0.5, 0.6) is 0 Å². The van der Waals surface area contributed by atoms with Gasteiger partial charge >= 0.3 is 11.9 Å². The summed E-state index contributed by atoms with van der Waals surface area (Å²) >= 11 is 0. The predicted molar refractivity (Wildman–Crippen MR) is 154 cm³/mol. The molecule has 2 amide bonds. The lowest BCUT2D eigenvalue weighted by molar-refractivity contribution is -0.201. The van der Waals surface area contributed by atoms with Gasteiger partial charge in [0.2, 0.25) is 11.8 Å². The maximum Gasteiger partial charge on any atom is 0.327 e. The van der Waals surface area contributed by atoms with E-state index in [1.807, 2.05) is 24.3 Å². The van der Waals surface area contributed by atoms with Crippen molar-refractivity contribution >= 4 is 29.8 Å². The van der Waals surface area contributed by atoms with Crippen LogP contribution < -0.4 is 5.32 Å². The number of aliphatic hydroxyl groups is 1. The molecule has 0 radical (unpaired) electrons. The molecule has 13 heteroatoms. The molecule has 4 aliphatic rings. The molecule has 1 aromatic rings. The summed E-state index contributed by atoms with van der Waals surface area (Å²) in [5.74, 6) is -1.67. The summed E-state index contributed by atoms with van der Waals surface area (Å²) in [6.45, 7) is 5.02. The molecule has 3 heterocycles. The van der Waals surface area contributed by atoms with E-state index in [0.717, 1.165) is 11.1 Å². The molecule has 4 fully saturated rings. The van der Waals surface area contributed by atoms with Gasteiger partial charge in [0.1, 0.15) is 42.2 Å². The van der Waals surface area contributed by atoms with E-state index in [2.05, 4.69) is 5.32 Å². The first-order valence-corrected chi connectivity index (χ1v) is 14.8. The zero-order chi connectivity index (χ0) is 31.8. The van der Waals surface area contributed by atoms with Gasteiger partial charge in [-0.3, -0.25) is 24.0 Å². The molecule has 2 bridgehead atoms. The average Bonchev–Trinajstić information content (AvgIpc) is 3.58. The molecule has 5 rings (SSSR count). The van der Waals surface area contributed by atoms with Crippen molar-refractivity contribution < 1.29 is 48.1 Å². The standard InChI is InChI=1S/C31H41N3O10/c1-30(2,3)43-23(37)13-11-20(16-35)32-29(39)31-14-21-24-25(41-17-40-24)27(31)44-34(26(31)28(38)42-21)15-19-8-6-18(7-9-19)10-12-22(36)33(4)5/h6-10,12,20-21,24-27,35H,11,13-17H2,1-5H3,(H,32,39)/t20-,21-,24-,25-,26-,27+,31-/m0/s1. The molecule has 0 spiro atoms. The van der Waals surface area contributed by atoms with Crippen LogP contribution in [-0.4, -0.2) is 108 Å². The number of hydrogen-bond donors (Lipinski definition) is 2. The smallest absolute Gasteiger partial charge is 0.327 e. The first kappa shape index (κ1) is 32.0. The number of nitrogens with zero attached hydrogens (tertiary/aromatic N) is 2. The summed E-state index contributed by atoms with van der Waals surface area (Å²) in [4.78, 5) is 59.8. The lowest BCUT2D eigenvalue weighted by Crippen LogP contribution is -2.70. The molecule has 3 saturated heterocycles. The highest BCUT2D eigenvalue weighted by Gasteiger charge is 2.74. The number of likely N-dealkylation sites (N-methyl/N-ethyl adjacent to an activating group) is 1. The number of benzene rings is 1. The number of amides is 2. The highest BCUT2D eigenvalue weighted by atomic mass is 16.8. The first-order chi connectivity index (χ1) is 20.8. The average molecular weight is 616 g/mol. The first-order valence-electron chi connectivity index (χ1n) is 14.8. The largest absolute Gasteiger partial charge is 0.460 e. The quantitative estimate of drug-likeness (QED) is 0.286. The fourth-order valence-corrected chi connectivity index (χ4v) is 6.28. The molecule has 0 aromatic heterocycles. The van der Waals surface area contributed by atoms with Gasteiger partial charge in [-0.05, 0) is 44.4 Å². The SMILES string of the molecule is CN(C)C(=O)C=Cc1ccc(CN2O[C@@H]3[C@H]4OCO[C@H]4[C@@H]4C[C@]3(C(=O)N[C@H](CO)CCC(=O)OC(C)(C)C)[C@@H]2C(=O)O4)cc1. The van der Waals surface area contributed by atoms with E-state index in [9.17, 15) is 24.3 Å². The Balaban J connectivity index is 1.36. The Bertz CT molecular complexity index is 1290. The van der Waals surface area contributed by atoms with Gasteiger partial charge in [0.15, 0.2) is 6.04 Å².